The number of H-pyrrole nitrogens is 1. The lowest BCUT2D eigenvalue weighted by Gasteiger charge is -1.99. The number of nitrogens with zero attached hydrogens (tertiary/aromatic N) is 2. The Hall–Kier alpha value is -2.23. The maximum atomic E-state index is 11.1. The number of hydrogen-bond acceptors (Lipinski definition) is 2. The van der Waals surface area contributed by atoms with Gasteiger partial charge < -0.3 is 4.98 Å². The number of aromatic nitrogens is 2. The van der Waals surface area contributed by atoms with Crippen molar-refractivity contribution < 1.29 is 4.79 Å². The summed E-state index contributed by atoms with van der Waals surface area (Å²) < 4.78 is 0. The fourth-order valence-corrected chi connectivity index (χ4v) is 1.73. The number of imidazole rings is 1. The van der Waals surface area contributed by atoms with Gasteiger partial charge in [0.1, 0.15) is 11.5 Å². The highest BCUT2D eigenvalue weighted by Gasteiger charge is 2.16. The van der Waals surface area contributed by atoms with Crippen LogP contribution in [0.25, 0.3) is 11.4 Å². The molecule has 0 saturated heterocycles. The number of aliphatic imine (C=N–C) groups is 1. The number of carbonyl (C=O) groups excluding carboxylic acids is 1. The normalized spacial score (nSPS) is 13.9. The minimum absolute atomic E-state index is 0.129. The molecule has 0 atom stereocenters. The van der Waals surface area contributed by atoms with Crippen LogP contribution in [0.2, 0.25) is 0 Å². The maximum absolute atomic E-state index is 11.1. The van der Waals surface area contributed by atoms with E-state index in [1.165, 1.54) is 6.21 Å². The quantitative estimate of drug-likeness (QED) is 0.778. The molecule has 4 nitrogen and oxygen atoms in total. The first-order chi connectivity index (χ1) is 7.83. The number of carbonyl (C=O) groups is 1. The lowest BCUT2D eigenvalue weighted by Crippen LogP contribution is -2.08. The molecular formula is C12H9N3O. The Balaban J connectivity index is 2.07. The van der Waals surface area contributed by atoms with Crippen molar-refractivity contribution in [1.29, 1.82) is 0 Å². The standard InChI is InChI=1S/C12H9N3O/c16-11-6-9-10(7-13-11)15-12(14-9)8-4-2-1-3-5-8/h1-5,7H,6H2,(H,14,15). The first kappa shape index (κ1) is 9.03. The summed E-state index contributed by atoms with van der Waals surface area (Å²) in [4.78, 5) is 22.4. The van der Waals surface area contributed by atoms with E-state index in [1.807, 2.05) is 30.3 Å². The lowest BCUT2D eigenvalue weighted by atomic mass is 10.2. The summed E-state index contributed by atoms with van der Waals surface area (Å²) in [6.07, 6.45) is 1.83. The van der Waals surface area contributed by atoms with Crippen molar-refractivity contribution in [3.05, 3.63) is 41.7 Å². The number of nitrogens with one attached hydrogen (secondary N) is 1. The van der Waals surface area contributed by atoms with E-state index in [2.05, 4.69) is 15.0 Å². The van der Waals surface area contributed by atoms with Crippen molar-refractivity contribution in [2.75, 3.05) is 0 Å². The van der Waals surface area contributed by atoms with Crippen LogP contribution in [0.15, 0.2) is 35.3 Å². The van der Waals surface area contributed by atoms with Crippen LogP contribution < -0.4 is 0 Å². The van der Waals surface area contributed by atoms with Crippen LogP contribution in [-0.4, -0.2) is 22.1 Å². The van der Waals surface area contributed by atoms with Crippen LogP contribution in [0, 0.1) is 0 Å². The van der Waals surface area contributed by atoms with Gasteiger partial charge in [0.15, 0.2) is 0 Å². The third-order valence-electron chi connectivity index (χ3n) is 2.52. The molecule has 78 valence electrons. The van der Waals surface area contributed by atoms with E-state index < -0.39 is 0 Å². The van der Waals surface area contributed by atoms with Crippen molar-refractivity contribution in [1.82, 2.24) is 9.97 Å². The number of hydrogen-bond donors (Lipinski definition) is 1. The minimum Gasteiger partial charge on any atom is -0.341 e. The summed E-state index contributed by atoms with van der Waals surface area (Å²) >= 11 is 0. The molecule has 1 aliphatic heterocycles. The highest BCUT2D eigenvalue weighted by Crippen LogP contribution is 2.19. The van der Waals surface area contributed by atoms with Gasteiger partial charge in [-0.2, -0.15) is 0 Å². The van der Waals surface area contributed by atoms with Gasteiger partial charge in [0.05, 0.1) is 18.3 Å². The summed E-state index contributed by atoms with van der Waals surface area (Å²) in [6, 6.07) is 9.82. The largest absolute Gasteiger partial charge is 0.341 e. The first-order valence-corrected chi connectivity index (χ1v) is 5.04. The third-order valence-corrected chi connectivity index (χ3v) is 2.52. The van der Waals surface area contributed by atoms with Crippen molar-refractivity contribution >= 4 is 12.1 Å². The van der Waals surface area contributed by atoms with Crippen LogP contribution in [0.3, 0.4) is 0 Å². The van der Waals surface area contributed by atoms with Gasteiger partial charge in [-0.15, -0.1) is 0 Å². The average Bonchev–Trinajstić information content (AvgIpc) is 2.73. The topological polar surface area (TPSA) is 58.1 Å². The average molecular weight is 211 g/mol. The fraction of sp³-hybridized carbons (Fsp3) is 0.0833. The van der Waals surface area contributed by atoms with Gasteiger partial charge >= 0.3 is 0 Å². The zero-order valence-corrected chi connectivity index (χ0v) is 8.47. The smallest absolute Gasteiger partial charge is 0.251 e. The molecule has 0 spiro atoms. The molecule has 3 rings (SSSR count). The fourth-order valence-electron chi connectivity index (χ4n) is 1.73. The zero-order chi connectivity index (χ0) is 11.0. The van der Waals surface area contributed by atoms with Crippen LogP contribution in [0.1, 0.15) is 11.4 Å². The van der Waals surface area contributed by atoms with Crippen molar-refractivity contribution in [3.8, 4) is 11.4 Å². The lowest BCUT2D eigenvalue weighted by molar-refractivity contribution is -0.117. The monoisotopic (exact) mass is 211 g/mol. The predicted octanol–water partition coefficient (Wildman–Crippen LogP) is 1.58. The van der Waals surface area contributed by atoms with Gasteiger partial charge in [0.2, 0.25) is 0 Å². The minimum atomic E-state index is -0.129. The Morgan fingerprint density at radius 2 is 2.00 bits per heavy atom. The van der Waals surface area contributed by atoms with Gasteiger partial charge in [-0.05, 0) is 0 Å². The summed E-state index contributed by atoms with van der Waals surface area (Å²) in [5.74, 6) is 0.655. The van der Waals surface area contributed by atoms with E-state index in [-0.39, 0.29) is 5.91 Å². The van der Waals surface area contributed by atoms with E-state index >= 15 is 0 Å². The van der Waals surface area contributed by atoms with E-state index in [0.717, 1.165) is 22.8 Å². The van der Waals surface area contributed by atoms with Crippen molar-refractivity contribution in [2.45, 2.75) is 6.42 Å². The van der Waals surface area contributed by atoms with Gasteiger partial charge in [-0.3, -0.25) is 4.79 Å². The zero-order valence-electron chi connectivity index (χ0n) is 8.47. The molecular weight excluding hydrogens is 202 g/mol. The van der Waals surface area contributed by atoms with Gasteiger partial charge in [-0.25, -0.2) is 9.98 Å². The van der Waals surface area contributed by atoms with Crippen LogP contribution in [0.5, 0.6) is 0 Å². The summed E-state index contributed by atoms with van der Waals surface area (Å²) in [7, 11) is 0. The van der Waals surface area contributed by atoms with Crippen LogP contribution in [0.4, 0.5) is 0 Å². The Morgan fingerprint density at radius 1 is 1.19 bits per heavy atom. The van der Waals surface area contributed by atoms with Gasteiger partial charge in [-0.1, -0.05) is 30.3 Å². The third kappa shape index (κ3) is 1.44. The highest BCUT2D eigenvalue weighted by molar-refractivity contribution is 5.97. The first-order valence-electron chi connectivity index (χ1n) is 5.04. The molecule has 1 aromatic heterocycles. The molecule has 0 bridgehead atoms. The summed E-state index contributed by atoms with van der Waals surface area (Å²) in [6.45, 7) is 0. The van der Waals surface area contributed by atoms with Gasteiger partial charge in [0.25, 0.3) is 5.91 Å². The Bertz CT molecular complexity index is 569. The summed E-state index contributed by atoms with van der Waals surface area (Å²) in [5.41, 5.74) is 2.62. The van der Waals surface area contributed by atoms with E-state index in [4.69, 9.17) is 0 Å². The van der Waals surface area contributed by atoms with Crippen LogP contribution >= 0.6 is 0 Å². The number of aromatic amines is 1. The number of fused-ring (bicyclic) bond motifs is 1. The Kier molecular flexibility index (Phi) is 1.93. The van der Waals surface area contributed by atoms with E-state index in [9.17, 15) is 4.79 Å². The molecule has 16 heavy (non-hydrogen) atoms. The Labute approximate surface area is 92.1 Å². The number of benzene rings is 1. The molecule has 1 aliphatic rings. The van der Waals surface area contributed by atoms with Gasteiger partial charge in [0, 0.05) is 5.56 Å². The molecule has 0 fully saturated rings. The molecule has 1 amide bonds. The Morgan fingerprint density at radius 3 is 2.81 bits per heavy atom. The maximum Gasteiger partial charge on any atom is 0.251 e. The molecule has 0 unspecified atom stereocenters. The van der Waals surface area contributed by atoms with Crippen LogP contribution in [-0.2, 0) is 11.2 Å². The van der Waals surface area contributed by atoms with E-state index in [0.29, 0.717) is 6.42 Å². The molecule has 2 heterocycles. The molecule has 2 aromatic rings. The predicted molar refractivity (Wildman–Crippen MR) is 60.3 cm³/mol. The SMILES string of the molecule is O=C1Cc2[nH]c(-c3ccccc3)nc2C=N1. The molecule has 1 N–H and O–H groups in total. The molecule has 4 heteroatoms. The second-order valence-electron chi connectivity index (χ2n) is 3.64. The number of rotatable bonds is 1. The van der Waals surface area contributed by atoms with Crippen molar-refractivity contribution in [3.63, 3.8) is 0 Å². The number of amides is 1. The molecule has 0 aliphatic carbocycles. The van der Waals surface area contributed by atoms with Crippen molar-refractivity contribution in [2.24, 2.45) is 4.99 Å². The second-order valence-corrected chi connectivity index (χ2v) is 3.64. The summed E-state index contributed by atoms with van der Waals surface area (Å²) in [5, 5.41) is 0. The molecule has 0 saturated carbocycles. The second kappa shape index (κ2) is 3.41. The molecule has 0 radical (unpaired) electrons. The van der Waals surface area contributed by atoms with E-state index in [1.54, 1.807) is 0 Å². The molecule has 1 aromatic carbocycles. The highest BCUT2D eigenvalue weighted by atomic mass is 16.1.